The minimum absolute atomic E-state index is 0.0427. The summed E-state index contributed by atoms with van der Waals surface area (Å²) in [6.07, 6.45) is 6.13. The maximum Gasteiger partial charge on any atom is 0.237 e. The van der Waals surface area contributed by atoms with E-state index in [9.17, 15) is 14.3 Å². The van der Waals surface area contributed by atoms with Gasteiger partial charge in [-0.15, -0.1) is 0 Å². The van der Waals surface area contributed by atoms with Crippen LogP contribution in [0.1, 0.15) is 62.1 Å². The van der Waals surface area contributed by atoms with E-state index >= 15 is 0 Å². The van der Waals surface area contributed by atoms with Crippen molar-refractivity contribution in [1.82, 2.24) is 29.7 Å². The zero-order valence-corrected chi connectivity index (χ0v) is 22.8. The first-order chi connectivity index (χ1) is 19.4. The Morgan fingerprint density at radius 1 is 1.12 bits per heavy atom. The number of likely N-dealkylation sites (tertiary alicyclic amines) is 1. The Hall–Kier alpha value is -3.44. The van der Waals surface area contributed by atoms with E-state index in [1.54, 1.807) is 13.1 Å². The molecule has 40 heavy (non-hydrogen) atoms. The summed E-state index contributed by atoms with van der Waals surface area (Å²) in [6, 6.07) is 6.71. The lowest BCUT2D eigenvalue weighted by atomic mass is 10.0. The van der Waals surface area contributed by atoms with Crippen molar-refractivity contribution in [3.8, 4) is 0 Å². The van der Waals surface area contributed by atoms with Crippen LogP contribution in [-0.4, -0.2) is 85.2 Å². The second-order valence-electron chi connectivity index (χ2n) is 11.7. The lowest BCUT2D eigenvalue weighted by Gasteiger charge is -2.30. The molecule has 7 rings (SSSR count). The van der Waals surface area contributed by atoms with E-state index in [1.807, 2.05) is 28.0 Å². The van der Waals surface area contributed by atoms with E-state index in [1.165, 1.54) is 25.7 Å². The molecule has 3 aromatic rings. The van der Waals surface area contributed by atoms with Gasteiger partial charge in [0.25, 0.3) is 0 Å². The van der Waals surface area contributed by atoms with Crippen LogP contribution in [0.15, 0.2) is 24.4 Å². The fourth-order valence-electron chi connectivity index (χ4n) is 6.79. The van der Waals surface area contributed by atoms with Crippen molar-refractivity contribution in [3.05, 3.63) is 41.3 Å². The van der Waals surface area contributed by atoms with E-state index in [0.717, 1.165) is 28.0 Å². The summed E-state index contributed by atoms with van der Waals surface area (Å²) in [7, 11) is 0. The number of fused-ring (bicyclic) bond motifs is 4. The summed E-state index contributed by atoms with van der Waals surface area (Å²) >= 11 is 0. The van der Waals surface area contributed by atoms with Gasteiger partial charge >= 0.3 is 0 Å². The first kappa shape index (κ1) is 25.5. The maximum atomic E-state index is 13.5. The van der Waals surface area contributed by atoms with Crippen LogP contribution in [0.25, 0.3) is 10.9 Å². The number of hydrogen-bond acceptors (Lipinski definition) is 9. The molecule has 0 saturated carbocycles. The van der Waals surface area contributed by atoms with Gasteiger partial charge in [-0.1, -0.05) is 6.07 Å². The van der Waals surface area contributed by atoms with Crippen LogP contribution < -0.4 is 10.2 Å². The molecule has 0 aliphatic carbocycles. The normalized spacial score (nSPS) is 25.0. The predicted octanol–water partition coefficient (Wildman–Crippen LogP) is 3.28. The molecule has 3 aromatic heterocycles. The highest BCUT2D eigenvalue weighted by molar-refractivity contribution is 5.90. The van der Waals surface area contributed by atoms with Crippen LogP contribution in [0, 0.1) is 0 Å². The molecule has 4 aliphatic rings. The average molecular weight is 547 g/mol. The van der Waals surface area contributed by atoms with Gasteiger partial charge in [0.2, 0.25) is 11.9 Å². The number of aliphatic hydroxyl groups is 1. The van der Waals surface area contributed by atoms with E-state index in [4.69, 9.17) is 15.0 Å². The third-order valence-electron chi connectivity index (χ3n) is 8.91. The highest BCUT2D eigenvalue weighted by Crippen LogP contribution is 2.42. The predicted molar refractivity (Wildman–Crippen MR) is 149 cm³/mol. The number of nitrogens with one attached hydrogen (secondary N) is 1. The fraction of sp³-hybridized carbons (Fsp3) is 0.552. The molecule has 4 aliphatic heterocycles. The quantitative estimate of drug-likeness (QED) is 0.481. The smallest absolute Gasteiger partial charge is 0.237 e. The molecule has 1 unspecified atom stereocenters. The molecule has 0 aromatic carbocycles. The monoisotopic (exact) mass is 546 g/mol. The van der Waals surface area contributed by atoms with Crippen molar-refractivity contribution >= 4 is 34.4 Å². The Morgan fingerprint density at radius 3 is 2.65 bits per heavy atom. The molecule has 11 heteroatoms. The molecule has 2 atom stereocenters. The van der Waals surface area contributed by atoms with Gasteiger partial charge in [-0.05, 0) is 56.7 Å². The van der Waals surface area contributed by atoms with Crippen molar-refractivity contribution in [2.45, 2.75) is 76.4 Å². The van der Waals surface area contributed by atoms with Crippen LogP contribution in [0.2, 0.25) is 0 Å². The molecule has 0 radical (unpaired) electrons. The number of carbonyl (C=O) groups excluding carboxylic acids is 1. The standard InChI is InChI=1S/C29H35FN8O2/c1-17(39)24-12-19-13-31-29(35-27(19)28(33-24)38-21-3-4-22(38)6-5-21)34-25-7-2-18-14-37(11-9-23(18)32-25)26(40)16-36-10-8-20(30)15-36/h2,7,12-13,17,20-22,39H,3-6,8-11,14-16H2,1H3,(H,31,32,34,35)/t17-,20?,21?,22?/m1/s1. The first-order valence-corrected chi connectivity index (χ1v) is 14.5. The number of aliphatic hydroxyl groups excluding tert-OH is 1. The van der Waals surface area contributed by atoms with Gasteiger partial charge in [0.15, 0.2) is 5.82 Å². The van der Waals surface area contributed by atoms with Gasteiger partial charge in [-0.25, -0.2) is 24.3 Å². The van der Waals surface area contributed by atoms with Crippen LogP contribution in [-0.2, 0) is 17.8 Å². The summed E-state index contributed by atoms with van der Waals surface area (Å²) in [4.78, 5) is 38.1. The first-order valence-electron chi connectivity index (χ1n) is 14.5. The molecular weight excluding hydrogens is 511 g/mol. The molecule has 2 bridgehead atoms. The summed E-state index contributed by atoms with van der Waals surface area (Å²) in [5.41, 5.74) is 3.40. The lowest BCUT2D eigenvalue weighted by molar-refractivity contribution is -0.133. The highest BCUT2D eigenvalue weighted by atomic mass is 19.1. The SMILES string of the molecule is C[C@@H](O)c1cc2cnc(Nc3ccc4c(n3)CCN(C(=O)CN3CCC(F)C3)C4)nc2c(N2C3CCC2CC3)n1. The van der Waals surface area contributed by atoms with Gasteiger partial charge in [-0.3, -0.25) is 9.69 Å². The molecule has 3 saturated heterocycles. The van der Waals surface area contributed by atoms with E-state index in [2.05, 4.69) is 15.2 Å². The largest absolute Gasteiger partial charge is 0.387 e. The van der Waals surface area contributed by atoms with Crippen LogP contribution >= 0.6 is 0 Å². The number of amides is 1. The molecule has 10 nitrogen and oxygen atoms in total. The van der Waals surface area contributed by atoms with E-state index < -0.39 is 12.3 Å². The number of alkyl halides is 1. The second-order valence-corrected chi connectivity index (χ2v) is 11.7. The molecule has 1 amide bonds. The Morgan fingerprint density at radius 2 is 1.93 bits per heavy atom. The van der Waals surface area contributed by atoms with E-state index in [0.29, 0.717) is 68.6 Å². The number of carbonyl (C=O) groups is 1. The highest BCUT2D eigenvalue weighted by Gasteiger charge is 2.41. The summed E-state index contributed by atoms with van der Waals surface area (Å²) < 4.78 is 13.5. The van der Waals surface area contributed by atoms with Gasteiger partial charge in [0.1, 0.15) is 17.5 Å². The Labute approximate surface area is 232 Å². The van der Waals surface area contributed by atoms with Crippen LogP contribution in [0.4, 0.5) is 22.0 Å². The number of anilines is 3. The number of hydrogen-bond donors (Lipinski definition) is 2. The number of rotatable bonds is 6. The Kier molecular flexibility index (Phi) is 6.50. The van der Waals surface area contributed by atoms with Gasteiger partial charge in [-0.2, -0.15) is 0 Å². The summed E-state index contributed by atoms with van der Waals surface area (Å²) in [6.45, 7) is 4.11. The third kappa shape index (κ3) is 4.75. The minimum atomic E-state index is -0.823. The Balaban J connectivity index is 1.10. The number of pyridine rings is 2. The third-order valence-corrected chi connectivity index (χ3v) is 8.91. The molecule has 7 heterocycles. The van der Waals surface area contributed by atoms with Crippen molar-refractivity contribution in [1.29, 1.82) is 0 Å². The molecule has 3 fully saturated rings. The van der Waals surface area contributed by atoms with Crippen LogP contribution in [0.5, 0.6) is 0 Å². The van der Waals surface area contributed by atoms with E-state index in [-0.39, 0.29) is 12.5 Å². The molecular formula is C29H35FN8O2. The van der Waals surface area contributed by atoms with Gasteiger partial charge in [0, 0.05) is 62.0 Å². The van der Waals surface area contributed by atoms with Crippen molar-refractivity contribution in [2.75, 3.05) is 36.4 Å². The number of halogens is 1. The average Bonchev–Trinajstić information content (AvgIpc) is 3.68. The fourth-order valence-corrected chi connectivity index (χ4v) is 6.79. The maximum absolute atomic E-state index is 13.5. The summed E-state index contributed by atoms with van der Waals surface area (Å²) in [5.74, 6) is 1.98. The van der Waals surface area contributed by atoms with Crippen LogP contribution in [0.3, 0.4) is 0 Å². The zero-order chi connectivity index (χ0) is 27.4. The lowest BCUT2D eigenvalue weighted by Crippen LogP contribution is -2.42. The van der Waals surface area contributed by atoms with Crippen molar-refractivity contribution < 1.29 is 14.3 Å². The summed E-state index contributed by atoms with van der Waals surface area (Å²) in [5, 5.41) is 14.4. The van der Waals surface area contributed by atoms with Crippen molar-refractivity contribution in [3.63, 3.8) is 0 Å². The Bertz CT molecular complexity index is 1430. The second kappa shape index (κ2) is 10.2. The molecule has 210 valence electrons. The zero-order valence-electron chi connectivity index (χ0n) is 22.8. The van der Waals surface area contributed by atoms with Crippen molar-refractivity contribution in [2.24, 2.45) is 0 Å². The minimum Gasteiger partial charge on any atom is -0.387 e. The molecule has 0 spiro atoms. The van der Waals surface area contributed by atoms with Gasteiger partial charge in [0.05, 0.1) is 18.3 Å². The molecule has 2 N–H and O–H groups in total. The topological polar surface area (TPSA) is 111 Å². The van der Waals surface area contributed by atoms with Gasteiger partial charge < -0.3 is 20.2 Å². The number of nitrogens with zero attached hydrogens (tertiary/aromatic N) is 7. The number of aromatic nitrogens is 4.